The average Bonchev–Trinajstić information content (AvgIpc) is 2.77. The second-order valence-corrected chi connectivity index (χ2v) is 3.54. The minimum absolute atomic E-state index is 0.416. The molecule has 0 spiro atoms. The van der Waals surface area contributed by atoms with Crippen molar-refractivity contribution in [2.75, 3.05) is 6.61 Å². The van der Waals surface area contributed by atoms with Gasteiger partial charge in [0.05, 0.1) is 0 Å². The Kier molecular flexibility index (Phi) is 2.06. The second-order valence-electron chi connectivity index (χ2n) is 3.54. The molecule has 0 aromatic carbocycles. The Morgan fingerprint density at radius 1 is 1.54 bits per heavy atom. The molecule has 3 heteroatoms. The molecule has 1 fully saturated rings. The molecule has 0 aromatic heterocycles. The lowest BCUT2D eigenvalue weighted by molar-refractivity contribution is 0.0271. The minimum Gasteiger partial charge on any atom is -0.353 e. The number of aliphatic imine (C=N–C) groups is 1. The zero-order valence-corrected chi connectivity index (χ0v) is 7.69. The van der Waals surface area contributed by atoms with Gasteiger partial charge in [-0.3, -0.25) is 0 Å². The van der Waals surface area contributed by atoms with Crippen molar-refractivity contribution in [2.24, 2.45) is 16.8 Å². The van der Waals surface area contributed by atoms with Gasteiger partial charge in [-0.1, -0.05) is 12.2 Å². The van der Waals surface area contributed by atoms with Crippen LogP contribution in [-0.4, -0.2) is 18.4 Å². The molecule has 2 unspecified atom stereocenters. The molecular weight excluding hydrogens is 166 g/mol. The highest BCUT2D eigenvalue weighted by molar-refractivity contribution is 5.38. The first-order valence-corrected chi connectivity index (χ1v) is 4.73. The summed E-state index contributed by atoms with van der Waals surface area (Å²) >= 11 is 0. The van der Waals surface area contributed by atoms with Gasteiger partial charge >= 0.3 is 0 Å². The van der Waals surface area contributed by atoms with Crippen LogP contribution in [0.2, 0.25) is 0 Å². The summed E-state index contributed by atoms with van der Waals surface area (Å²) in [7, 11) is 0. The molecule has 0 heterocycles. The highest BCUT2D eigenvalue weighted by atomic mass is 16.5. The first-order valence-electron chi connectivity index (χ1n) is 4.73. The standard InChI is InChI=1S/C10H13NO2/c1-2-13-10(11-7-12)8-5-3-4-6-9(8)10/h3-4,8-9H,2,5-6H2,1H3. The molecule has 2 aliphatic rings. The van der Waals surface area contributed by atoms with E-state index in [0.717, 1.165) is 12.8 Å². The minimum atomic E-state index is -0.514. The van der Waals surface area contributed by atoms with E-state index in [-0.39, 0.29) is 0 Å². The van der Waals surface area contributed by atoms with E-state index in [2.05, 4.69) is 17.1 Å². The number of nitrogens with zero attached hydrogens (tertiary/aromatic N) is 1. The molecule has 0 amide bonds. The smallest absolute Gasteiger partial charge is 0.237 e. The average molecular weight is 179 g/mol. The van der Waals surface area contributed by atoms with Crippen molar-refractivity contribution in [3.05, 3.63) is 12.2 Å². The third-order valence-corrected chi connectivity index (χ3v) is 2.98. The van der Waals surface area contributed by atoms with E-state index in [1.807, 2.05) is 6.92 Å². The van der Waals surface area contributed by atoms with Gasteiger partial charge in [-0.05, 0) is 19.8 Å². The molecule has 2 atom stereocenters. The zero-order valence-electron chi connectivity index (χ0n) is 7.69. The maximum atomic E-state index is 10.3. The summed E-state index contributed by atoms with van der Waals surface area (Å²) in [5, 5.41) is 0. The lowest BCUT2D eigenvalue weighted by atomic mass is 10.1. The third kappa shape index (κ3) is 1.16. The molecular formula is C10H13NO2. The number of ether oxygens (including phenoxy) is 1. The fourth-order valence-corrected chi connectivity index (χ4v) is 2.36. The van der Waals surface area contributed by atoms with Gasteiger partial charge in [0.25, 0.3) is 0 Å². The summed E-state index contributed by atoms with van der Waals surface area (Å²) in [5.41, 5.74) is -0.514. The van der Waals surface area contributed by atoms with Crippen molar-refractivity contribution in [3.8, 4) is 0 Å². The lowest BCUT2D eigenvalue weighted by Crippen LogP contribution is -2.15. The molecule has 0 aromatic rings. The summed E-state index contributed by atoms with van der Waals surface area (Å²) in [4.78, 5) is 14.1. The lowest BCUT2D eigenvalue weighted by Gasteiger charge is -2.09. The van der Waals surface area contributed by atoms with Gasteiger partial charge in [0.15, 0.2) is 5.72 Å². The predicted molar refractivity (Wildman–Crippen MR) is 47.8 cm³/mol. The van der Waals surface area contributed by atoms with Gasteiger partial charge in [-0.25, -0.2) is 4.79 Å². The number of isocyanates is 1. The Labute approximate surface area is 77.5 Å². The first-order chi connectivity index (χ1) is 6.35. The van der Waals surface area contributed by atoms with Crippen LogP contribution in [0, 0.1) is 11.8 Å². The van der Waals surface area contributed by atoms with Crippen LogP contribution < -0.4 is 0 Å². The Bertz CT molecular complexity index is 265. The van der Waals surface area contributed by atoms with Gasteiger partial charge in [0.2, 0.25) is 6.08 Å². The Morgan fingerprint density at radius 3 is 2.62 bits per heavy atom. The molecule has 13 heavy (non-hydrogen) atoms. The van der Waals surface area contributed by atoms with E-state index in [1.54, 1.807) is 6.08 Å². The quantitative estimate of drug-likeness (QED) is 0.375. The number of fused-ring (bicyclic) bond motifs is 1. The van der Waals surface area contributed by atoms with Crippen LogP contribution in [0.15, 0.2) is 17.1 Å². The van der Waals surface area contributed by atoms with Crippen LogP contribution in [0.4, 0.5) is 0 Å². The van der Waals surface area contributed by atoms with Crippen LogP contribution in [-0.2, 0) is 9.53 Å². The number of hydrogen-bond acceptors (Lipinski definition) is 3. The maximum Gasteiger partial charge on any atom is 0.237 e. The van der Waals surface area contributed by atoms with Gasteiger partial charge in [0.1, 0.15) is 0 Å². The topological polar surface area (TPSA) is 38.7 Å². The third-order valence-electron chi connectivity index (χ3n) is 2.98. The maximum absolute atomic E-state index is 10.3. The highest BCUT2D eigenvalue weighted by Crippen LogP contribution is 2.59. The highest BCUT2D eigenvalue weighted by Gasteiger charge is 2.66. The molecule has 0 N–H and O–H groups in total. The van der Waals surface area contributed by atoms with Crippen molar-refractivity contribution in [1.29, 1.82) is 0 Å². The Balaban J connectivity index is 2.15. The van der Waals surface area contributed by atoms with Gasteiger partial charge in [-0.2, -0.15) is 4.99 Å². The fourth-order valence-electron chi connectivity index (χ4n) is 2.36. The molecule has 2 rings (SSSR count). The zero-order chi connectivity index (χ0) is 9.31. The van der Waals surface area contributed by atoms with E-state index in [9.17, 15) is 4.79 Å². The van der Waals surface area contributed by atoms with Gasteiger partial charge in [0, 0.05) is 18.4 Å². The normalized spacial score (nSPS) is 40.7. The largest absolute Gasteiger partial charge is 0.353 e. The van der Waals surface area contributed by atoms with Crippen molar-refractivity contribution in [1.82, 2.24) is 0 Å². The number of allylic oxidation sites excluding steroid dienone is 2. The first kappa shape index (κ1) is 8.67. The summed E-state index contributed by atoms with van der Waals surface area (Å²) < 4.78 is 5.56. The molecule has 2 aliphatic carbocycles. The van der Waals surface area contributed by atoms with Crippen LogP contribution in [0.5, 0.6) is 0 Å². The van der Waals surface area contributed by atoms with Crippen LogP contribution in [0.3, 0.4) is 0 Å². The Morgan fingerprint density at radius 2 is 2.15 bits per heavy atom. The molecule has 70 valence electrons. The van der Waals surface area contributed by atoms with E-state index >= 15 is 0 Å². The van der Waals surface area contributed by atoms with E-state index < -0.39 is 5.72 Å². The van der Waals surface area contributed by atoms with Crippen molar-refractivity contribution in [2.45, 2.75) is 25.5 Å². The van der Waals surface area contributed by atoms with Crippen LogP contribution in [0.1, 0.15) is 19.8 Å². The van der Waals surface area contributed by atoms with E-state index in [1.165, 1.54) is 0 Å². The molecule has 3 nitrogen and oxygen atoms in total. The van der Waals surface area contributed by atoms with E-state index in [0.29, 0.717) is 18.4 Å². The SMILES string of the molecule is CCOC1(N=C=O)C2CC=CCC21. The van der Waals surface area contributed by atoms with Crippen molar-refractivity contribution in [3.63, 3.8) is 0 Å². The fraction of sp³-hybridized carbons (Fsp3) is 0.700. The molecule has 0 bridgehead atoms. The van der Waals surface area contributed by atoms with E-state index in [4.69, 9.17) is 4.74 Å². The summed E-state index contributed by atoms with van der Waals surface area (Å²) in [5.74, 6) is 0.831. The van der Waals surface area contributed by atoms with Gasteiger partial charge in [-0.15, -0.1) is 0 Å². The second kappa shape index (κ2) is 3.09. The predicted octanol–water partition coefficient (Wildman–Crippen LogP) is 1.65. The molecule has 0 aliphatic heterocycles. The molecule has 0 saturated heterocycles. The molecule has 0 radical (unpaired) electrons. The van der Waals surface area contributed by atoms with Gasteiger partial charge < -0.3 is 4.74 Å². The molecule has 1 saturated carbocycles. The van der Waals surface area contributed by atoms with Crippen molar-refractivity contribution >= 4 is 6.08 Å². The number of carbonyl (C=O) groups excluding carboxylic acids is 1. The van der Waals surface area contributed by atoms with Crippen molar-refractivity contribution < 1.29 is 9.53 Å². The summed E-state index contributed by atoms with van der Waals surface area (Å²) in [6.45, 7) is 2.54. The number of hydrogen-bond donors (Lipinski definition) is 0. The summed E-state index contributed by atoms with van der Waals surface area (Å²) in [6, 6.07) is 0. The summed E-state index contributed by atoms with van der Waals surface area (Å²) in [6.07, 6.45) is 7.88. The van der Waals surface area contributed by atoms with Crippen LogP contribution >= 0.6 is 0 Å². The van der Waals surface area contributed by atoms with Crippen LogP contribution in [0.25, 0.3) is 0 Å². The monoisotopic (exact) mass is 179 g/mol. The number of rotatable bonds is 3. The Hall–Kier alpha value is -0.920.